The second-order valence-corrected chi connectivity index (χ2v) is 4.95. The quantitative estimate of drug-likeness (QED) is 0.560. The number of hydrogen-bond donors (Lipinski definition) is 0. The molecular weight excluding hydrogens is 174 g/mol. The molecule has 0 amide bonds. The van der Waals surface area contributed by atoms with Crippen LogP contribution in [0.25, 0.3) is 0 Å². The van der Waals surface area contributed by atoms with Crippen molar-refractivity contribution in [2.45, 2.75) is 34.1 Å². The summed E-state index contributed by atoms with van der Waals surface area (Å²) in [4.78, 5) is 2.33. The van der Waals surface area contributed by atoms with Gasteiger partial charge in [-0.3, -0.25) is 0 Å². The van der Waals surface area contributed by atoms with Crippen molar-refractivity contribution in [3.8, 4) is 0 Å². The van der Waals surface area contributed by atoms with Crippen molar-refractivity contribution in [1.29, 1.82) is 0 Å². The normalized spacial score (nSPS) is 12.0. The molecule has 0 spiro atoms. The first-order valence-electron chi connectivity index (χ1n) is 5.78. The Bertz CT molecular complexity index is 123. The Labute approximate surface area is 89.6 Å². The molecule has 0 aromatic heterocycles. The number of likely N-dealkylation sites (N-methyl/N-ethyl adjacent to an activating group) is 1. The summed E-state index contributed by atoms with van der Waals surface area (Å²) in [6, 6.07) is 0. The first-order chi connectivity index (χ1) is 6.52. The fourth-order valence-corrected chi connectivity index (χ4v) is 1.36. The van der Waals surface area contributed by atoms with Gasteiger partial charge in [-0.1, -0.05) is 27.7 Å². The minimum atomic E-state index is 0.746. The van der Waals surface area contributed by atoms with E-state index in [1.807, 2.05) is 0 Å². The lowest BCUT2D eigenvalue weighted by atomic mass is 10.1. The van der Waals surface area contributed by atoms with E-state index >= 15 is 0 Å². The minimum absolute atomic E-state index is 0.746. The van der Waals surface area contributed by atoms with Gasteiger partial charge in [-0.05, 0) is 25.3 Å². The summed E-state index contributed by atoms with van der Waals surface area (Å²) in [6.45, 7) is 12.9. The maximum Gasteiger partial charge on any atom is 0.0593 e. The van der Waals surface area contributed by atoms with Gasteiger partial charge in [0, 0.05) is 19.7 Å². The van der Waals surface area contributed by atoms with Gasteiger partial charge < -0.3 is 9.64 Å². The highest BCUT2D eigenvalue weighted by Crippen LogP contribution is 1.99. The second kappa shape index (κ2) is 8.25. The van der Waals surface area contributed by atoms with Gasteiger partial charge in [-0.25, -0.2) is 0 Å². The van der Waals surface area contributed by atoms with E-state index in [0.29, 0.717) is 0 Å². The van der Waals surface area contributed by atoms with Crippen molar-refractivity contribution in [3.05, 3.63) is 0 Å². The van der Waals surface area contributed by atoms with Crippen molar-refractivity contribution < 1.29 is 4.74 Å². The van der Waals surface area contributed by atoms with Gasteiger partial charge in [0.05, 0.1) is 6.61 Å². The molecule has 0 aliphatic heterocycles. The lowest BCUT2D eigenvalue weighted by Crippen LogP contribution is -2.27. The van der Waals surface area contributed by atoms with Gasteiger partial charge in [0.15, 0.2) is 0 Å². The lowest BCUT2D eigenvalue weighted by molar-refractivity contribution is 0.100. The predicted octanol–water partition coefficient (Wildman–Crippen LogP) is 2.64. The fourth-order valence-electron chi connectivity index (χ4n) is 1.36. The number of hydrogen-bond acceptors (Lipinski definition) is 2. The third-order valence-electron chi connectivity index (χ3n) is 2.13. The van der Waals surface area contributed by atoms with Gasteiger partial charge in [0.25, 0.3) is 0 Å². The molecule has 0 bridgehead atoms. The summed E-state index contributed by atoms with van der Waals surface area (Å²) in [5.74, 6) is 1.50. The fraction of sp³-hybridized carbons (Fsp3) is 1.00. The van der Waals surface area contributed by atoms with Crippen molar-refractivity contribution >= 4 is 0 Å². The van der Waals surface area contributed by atoms with Gasteiger partial charge in [0.2, 0.25) is 0 Å². The van der Waals surface area contributed by atoms with Crippen LogP contribution in [0.5, 0.6) is 0 Å². The Morgan fingerprint density at radius 1 is 1.00 bits per heavy atom. The van der Waals surface area contributed by atoms with E-state index in [1.54, 1.807) is 0 Å². The Morgan fingerprint density at radius 3 is 2.14 bits per heavy atom. The highest BCUT2D eigenvalue weighted by Gasteiger charge is 2.01. The summed E-state index contributed by atoms with van der Waals surface area (Å²) < 4.78 is 5.56. The third kappa shape index (κ3) is 10.0. The smallest absolute Gasteiger partial charge is 0.0593 e. The van der Waals surface area contributed by atoms with Crippen molar-refractivity contribution in [2.75, 3.05) is 33.4 Å². The Kier molecular flexibility index (Phi) is 8.20. The first kappa shape index (κ1) is 13.9. The highest BCUT2D eigenvalue weighted by molar-refractivity contribution is 4.53. The van der Waals surface area contributed by atoms with Crippen molar-refractivity contribution in [2.24, 2.45) is 11.8 Å². The molecule has 0 heterocycles. The molecule has 2 nitrogen and oxygen atoms in total. The summed E-state index contributed by atoms with van der Waals surface area (Å²) in [7, 11) is 2.16. The van der Waals surface area contributed by atoms with Crippen LogP contribution in [-0.2, 0) is 4.74 Å². The first-order valence-corrected chi connectivity index (χ1v) is 5.78. The molecular formula is C12H27NO. The molecule has 2 heteroatoms. The Balaban J connectivity index is 3.19. The van der Waals surface area contributed by atoms with E-state index in [0.717, 1.165) is 38.1 Å². The number of nitrogens with zero attached hydrogens (tertiary/aromatic N) is 1. The molecule has 0 saturated carbocycles. The predicted molar refractivity (Wildman–Crippen MR) is 62.6 cm³/mol. The molecule has 0 fully saturated rings. The van der Waals surface area contributed by atoms with Crippen LogP contribution in [0, 0.1) is 11.8 Å². The standard InChI is InChI=1S/C12H27NO/c1-11(2)6-8-14-9-7-13(5)10-12(3)4/h11-12H,6-10H2,1-5H3. The number of ether oxygens (including phenoxy) is 1. The summed E-state index contributed by atoms with van der Waals surface area (Å²) in [6.07, 6.45) is 1.17. The van der Waals surface area contributed by atoms with E-state index < -0.39 is 0 Å². The van der Waals surface area contributed by atoms with Crippen LogP contribution in [0.2, 0.25) is 0 Å². The van der Waals surface area contributed by atoms with E-state index in [9.17, 15) is 0 Å². The average Bonchev–Trinajstić information content (AvgIpc) is 2.01. The van der Waals surface area contributed by atoms with Gasteiger partial charge in [-0.15, -0.1) is 0 Å². The Hall–Kier alpha value is -0.0800. The van der Waals surface area contributed by atoms with Crippen LogP contribution in [-0.4, -0.2) is 38.3 Å². The molecule has 14 heavy (non-hydrogen) atoms. The maximum absolute atomic E-state index is 5.56. The lowest BCUT2D eigenvalue weighted by Gasteiger charge is -2.18. The molecule has 0 aromatic rings. The molecule has 0 aromatic carbocycles. The van der Waals surface area contributed by atoms with E-state index in [1.165, 1.54) is 6.42 Å². The minimum Gasteiger partial charge on any atom is -0.380 e. The van der Waals surface area contributed by atoms with Crippen molar-refractivity contribution in [1.82, 2.24) is 4.90 Å². The van der Waals surface area contributed by atoms with Crippen LogP contribution >= 0.6 is 0 Å². The SMILES string of the molecule is CC(C)CCOCCN(C)CC(C)C. The van der Waals surface area contributed by atoms with E-state index in [2.05, 4.69) is 39.6 Å². The van der Waals surface area contributed by atoms with Crippen LogP contribution in [0.1, 0.15) is 34.1 Å². The summed E-state index contributed by atoms with van der Waals surface area (Å²) in [5, 5.41) is 0. The summed E-state index contributed by atoms with van der Waals surface area (Å²) in [5.41, 5.74) is 0. The topological polar surface area (TPSA) is 12.5 Å². The second-order valence-electron chi connectivity index (χ2n) is 4.95. The molecule has 86 valence electrons. The third-order valence-corrected chi connectivity index (χ3v) is 2.13. The van der Waals surface area contributed by atoms with Crippen LogP contribution in [0.3, 0.4) is 0 Å². The molecule has 0 aliphatic rings. The zero-order valence-electron chi connectivity index (χ0n) is 10.5. The zero-order chi connectivity index (χ0) is 11.0. The van der Waals surface area contributed by atoms with Gasteiger partial charge in [0.1, 0.15) is 0 Å². The van der Waals surface area contributed by atoms with Crippen LogP contribution in [0.15, 0.2) is 0 Å². The van der Waals surface area contributed by atoms with Crippen molar-refractivity contribution in [3.63, 3.8) is 0 Å². The number of rotatable bonds is 8. The molecule has 0 N–H and O–H groups in total. The van der Waals surface area contributed by atoms with Gasteiger partial charge >= 0.3 is 0 Å². The molecule has 0 rings (SSSR count). The van der Waals surface area contributed by atoms with Crippen LogP contribution in [0.4, 0.5) is 0 Å². The van der Waals surface area contributed by atoms with E-state index in [4.69, 9.17) is 4.74 Å². The highest BCUT2D eigenvalue weighted by atomic mass is 16.5. The molecule has 0 atom stereocenters. The molecule has 0 unspecified atom stereocenters. The molecule has 0 radical (unpaired) electrons. The zero-order valence-corrected chi connectivity index (χ0v) is 10.5. The maximum atomic E-state index is 5.56. The van der Waals surface area contributed by atoms with Gasteiger partial charge in [-0.2, -0.15) is 0 Å². The monoisotopic (exact) mass is 201 g/mol. The average molecular weight is 201 g/mol. The van der Waals surface area contributed by atoms with E-state index in [-0.39, 0.29) is 0 Å². The molecule has 0 saturated heterocycles. The molecule has 0 aliphatic carbocycles. The van der Waals surface area contributed by atoms with Crippen LogP contribution < -0.4 is 0 Å². The summed E-state index contributed by atoms with van der Waals surface area (Å²) >= 11 is 0. The Morgan fingerprint density at radius 2 is 1.64 bits per heavy atom. The largest absolute Gasteiger partial charge is 0.380 e.